The number of carbonyl (C=O) groups excluding carboxylic acids is 3. The lowest BCUT2D eigenvalue weighted by Crippen LogP contribution is -2.37. The predicted molar refractivity (Wildman–Crippen MR) is 102 cm³/mol. The largest absolute Gasteiger partial charge is 0.350 e. The second-order valence-corrected chi connectivity index (χ2v) is 6.02. The fraction of sp³-hybridized carbons (Fsp3) is 0.250. The molecule has 2 aromatic carbocycles. The maximum absolute atomic E-state index is 12.2. The molecule has 2 rings (SSSR count). The van der Waals surface area contributed by atoms with Gasteiger partial charge in [-0.25, -0.2) is 0 Å². The molecule has 0 aliphatic carbocycles. The van der Waals surface area contributed by atoms with Crippen molar-refractivity contribution in [2.24, 2.45) is 0 Å². The molecule has 0 aliphatic heterocycles. The summed E-state index contributed by atoms with van der Waals surface area (Å²) in [6.07, 6.45) is 0. The van der Waals surface area contributed by atoms with Crippen molar-refractivity contribution in [2.45, 2.75) is 20.8 Å². The molecule has 0 aliphatic rings. The molecule has 136 valence electrons. The van der Waals surface area contributed by atoms with E-state index < -0.39 is 0 Å². The van der Waals surface area contributed by atoms with Gasteiger partial charge in [-0.2, -0.15) is 0 Å². The summed E-state index contributed by atoms with van der Waals surface area (Å²) >= 11 is 0. The number of rotatable bonds is 6. The fourth-order valence-corrected chi connectivity index (χ4v) is 2.57. The van der Waals surface area contributed by atoms with Gasteiger partial charge >= 0.3 is 0 Å². The third-order valence-electron chi connectivity index (χ3n) is 3.78. The van der Waals surface area contributed by atoms with Crippen LogP contribution >= 0.6 is 0 Å². The van der Waals surface area contributed by atoms with Crippen molar-refractivity contribution in [3.63, 3.8) is 0 Å². The number of carbonyl (C=O) groups is 3. The Labute approximate surface area is 153 Å². The van der Waals surface area contributed by atoms with Gasteiger partial charge in [-0.15, -0.1) is 0 Å². The lowest BCUT2D eigenvalue weighted by molar-refractivity contribution is -0.116. The van der Waals surface area contributed by atoms with Crippen LogP contribution in [-0.2, 0) is 9.59 Å². The molecule has 3 amide bonds. The first-order valence-corrected chi connectivity index (χ1v) is 8.37. The van der Waals surface area contributed by atoms with Gasteiger partial charge < -0.3 is 15.5 Å². The van der Waals surface area contributed by atoms with Gasteiger partial charge in [-0.3, -0.25) is 14.4 Å². The molecule has 6 nitrogen and oxygen atoms in total. The monoisotopic (exact) mass is 353 g/mol. The van der Waals surface area contributed by atoms with Crippen LogP contribution in [-0.4, -0.2) is 30.8 Å². The zero-order valence-corrected chi connectivity index (χ0v) is 15.2. The van der Waals surface area contributed by atoms with E-state index in [-0.39, 0.29) is 17.7 Å². The molecule has 6 heteroatoms. The van der Waals surface area contributed by atoms with Gasteiger partial charge in [-0.05, 0) is 43.3 Å². The highest BCUT2D eigenvalue weighted by molar-refractivity contribution is 5.95. The van der Waals surface area contributed by atoms with Gasteiger partial charge in [0.1, 0.15) is 0 Å². The third-order valence-corrected chi connectivity index (χ3v) is 3.78. The second kappa shape index (κ2) is 8.80. The summed E-state index contributed by atoms with van der Waals surface area (Å²) in [6, 6.07) is 14.3. The third kappa shape index (κ3) is 5.44. The van der Waals surface area contributed by atoms with Crippen LogP contribution in [0.4, 0.5) is 11.4 Å². The molecule has 0 aromatic heterocycles. The number of benzene rings is 2. The quantitative estimate of drug-likeness (QED) is 0.838. The summed E-state index contributed by atoms with van der Waals surface area (Å²) in [5.41, 5.74) is 2.98. The molecule has 0 unspecified atom stereocenters. The van der Waals surface area contributed by atoms with E-state index in [9.17, 15) is 14.4 Å². The van der Waals surface area contributed by atoms with Crippen LogP contribution in [0.15, 0.2) is 48.5 Å². The van der Waals surface area contributed by atoms with E-state index in [1.165, 1.54) is 13.8 Å². The number of aryl methyl sites for hydroxylation is 1. The Kier molecular flexibility index (Phi) is 6.49. The highest BCUT2D eigenvalue weighted by Gasteiger charge is 2.12. The van der Waals surface area contributed by atoms with Crippen LogP contribution in [0.2, 0.25) is 0 Å². The molecule has 0 atom stereocenters. The van der Waals surface area contributed by atoms with E-state index in [0.29, 0.717) is 30.0 Å². The minimum absolute atomic E-state index is 0.123. The molecular weight excluding hydrogens is 330 g/mol. The van der Waals surface area contributed by atoms with Gasteiger partial charge in [0, 0.05) is 43.9 Å². The Morgan fingerprint density at radius 2 is 1.69 bits per heavy atom. The van der Waals surface area contributed by atoms with Gasteiger partial charge in [0.05, 0.1) is 0 Å². The van der Waals surface area contributed by atoms with E-state index in [1.807, 2.05) is 25.1 Å². The van der Waals surface area contributed by atoms with Gasteiger partial charge in [0.15, 0.2) is 0 Å². The highest BCUT2D eigenvalue weighted by Crippen LogP contribution is 2.18. The van der Waals surface area contributed by atoms with Crippen LogP contribution < -0.4 is 15.5 Å². The standard InChI is InChI=1S/C20H23N3O3/c1-14-5-4-6-17(13-14)20(26)21-11-12-23(16(3)25)19-9-7-18(8-10-19)22-15(2)24/h4-10,13H,11-12H2,1-3H3,(H,21,26)(H,22,24). The maximum atomic E-state index is 12.2. The van der Waals surface area contributed by atoms with Crippen molar-refractivity contribution >= 4 is 29.1 Å². The molecule has 2 N–H and O–H groups in total. The second-order valence-electron chi connectivity index (χ2n) is 6.02. The first-order valence-electron chi connectivity index (χ1n) is 8.37. The van der Waals surface area contributed by atoms with Crippen molar-refractivity contribution in [1.82, 2.24) is 5.32 Å². The SMILES string of the molecule is CC(=O)Nc1ccc(N(CCNC(=O)c2cccc(C)c2)C(C)=O)cc1. The zero-order chi connectivity index (χ0) is 19.1. The van der Waals surface area contributed by atoms with E-state index in [2.05, 4.69) is 10.6 Å². The first kappa shape index (κ1) is 19.2. The average molecular weight is 353 g/mol. The van der Waals surface area contributed by atoms with Crippen LogP contribution in [0.1, 0.15) is 29.8 Å². The normalized spacial score (nSPS) is 10.1. The zero-order valence-electron chi connectivity index (χ0n) is 15.2. The molecule has 2 aromatic rings. The van der Waals surface area contributed by atoms with Gasteiger partial charge in [0.2, 0.25) is 11.8 Å². The van der Waals surface area contributed by atoms with E-state index in [0.717, 1.165) is 5.56 Å². The van der Waals surface area contributed by atoms with Gasteiger partial charge in [-0.1, -0.05) is 17.7 Å². The lowest BCUT2D eigenvalue weighted by Gasteiger charge is -2.21. The van der Waals surface area contributed by atoms with Crippen molar-refractivity contribution in [2.75, 3.05) is 23.3 Å². The summed E-state index contributed by atoms with van der Waals surface area (Å²) in [5.74, 6) is -0.444. The summed E-state index contributed by atoms with van der Waals surface area (Å²) in [6.45, 7) is 5.53. The smallest absolute Gasteiger partial charge is 0.251 e. The predicted octanol–water partition coefficient (Wildman–Crippen LogP) is 2.74. The number of nitrogens with zero attached hydrogens (tertiary/aromatic N) is 1. The molecule has 26 heavy (non-hydrogen) atoms. The molecule has 0 radical (unpaired) electrons. The Balaban J connectivity index is 1.97. The summed E-state index contributed by atoms with van der Waals surface area (Å²) < 4.78 is 0. The van der Waals surface area contributed by atoms with Gasteiger partial charge in [0.25, 0.3) is 5.91 Å². The number of nitrogens with one attached hydrogen (secondary N) is 2. The Bertz CT molecular complexity index is 800. The summed E-state index contributed by atoms with van der Waals surface area (Å²) in [5, 5.41) is 5.51. The number of hydrogen-bond donors (Lipinski definition) is 2. The molecule has 0 fully saturated rings. The van der Waals surface area contributed by atoms with Crippen molar-refractivity contribution in [3.8, 4) is 0 Å². The molecule has 0 heterocycles. The maximum Gasteiger partial charge on any atom is 0.251 e. The van der Waals surface area contributed by atoms with Crippen LogP contribution in [0.25, 0.3) is 0 Å². The molecular formula is C20H23N3O3. The minimum atomic E-state index is -0.168. The van der Waals surface area contributed by atoms with Crippen LogP contribution in [0.3, 0.4) is 0 Å². The van der Waals surface area contributed by atoms with E-state index in [4.69, 9.17) is 0 Å². The number of hydrogen-bond acceptors (Lipinski definition) is 3. The minimum Gasteiger partial charge on any atom is -0.350 e. The topological polar surface area (TPSA) is 78.5 Å². The lowest BCUT2D eigenvalue weighted by atomic mass is 10.1. The first-order chi connectivity index (χ1) is 12.4. The van der Waals surface area contributed by atoms with Crippen LogP contribution in [0, 0.1) is 6.92 Å². The molecule has 0 saturated carbocycles. The molecule has 0 spiro atoms. The van der Waals surface area contributed by atoms with E-state index in [1.54, 1.807) is 35.2 Å². The Morgan fingerprint density at radius 1 is 1.00 bits per heavy atom. The number of amides is 3. The highest BCUT2D eigenvalue weighted by atomic mass is 16.2. The van der Waals surface area contributed by atoms with E-state index >= 15 is 0 Å². The van der Waals surface area contributed by atoms with Crippen molar-refractivity contribution < 1.29 is 14.4 Å². The Hall–Kier alpha value is -3.15. The molecule has 0 saturated heterocycles. The fourth-order valence-electron chi connectivity index (χ4n) is 2.57. The average Bonchev–Trinajstić information content (AvgIpc) is 2.58. The summed E-state index contributed by atoms with van der Waals surface area (Å²) in [4.78, 5) is 36.8. The Morgan fingerprint density at radius 3 is 2.27 bits per heavy atom. The molecule has 0 bridgehead atoms. The summed E-state index contributed by atoms with van der Waals surface area (Å²) in [7, 11) is 0. The van der Waals surface area contributed by atoms with Crippen LogP contribution in [0.5, 0.6) is 0 Å². The van der Waals surface area contributed by atoms with Crippen molar-refractivity contribution in [3.05, 3.63) is 59.7 Å². The van der Waals surface area contributed by atoms with Crippen molar-refractivity contribution in [1.29, 1.82) is 0 Å². The number of anilines is 2.